The highest BCUT2D eigenvalue weighted by Crippen LogP contribution is 2.26. The summed E-state index contributed by atoms with van der Waals surface area (Å²) in [6.45, 7) is 1.76. The molecule has 26 heavy (non-hydrogen) atoms. The van der Waals surface area contributed by atoms with E-state index in [1.807, 2.05) is 43.3 Å². The van der Waals surface area contributed by atoms with Gasteiger partial charge in [0, 0.05) is 19.8 Å². The predicted molar refractivity (Wildman–Crippen MR) is 103 cm³/mol. The van der Waals surface area contributed by atoms with Crippen molar-refractivity contribution in [3.05, 3.63) is 65.2 Å². The van der Waals surface area contributed by atoms with Crippen molar-refractivity contribution in [2.75, 3.05) is 24.0 Å². The molecule has 0 unspecified atom stereocenters. The number of hydrogen-bond donors (Lipinski definition) is 1. The lowest BCUT2D eigenvalue weighted by Crippen LogP contribution is -2.21. The summed E-state index contributed by atoms with van der Waals surface area (Å²) in [7, 11) is 3.93. The summed E-state index contributed by atoms with van der Waals surface area (Å²) in [6.07, 6.45) is 1.79. The van der Waals surface area contributed by atoms with E-state index in [0.717, 1.165) is 11.3 Å². The topological polar surface area (TPSA) is 73.2 Å². The number of anilines is 2. The summed E-state index contributed by atoms with van der Waals surface area (Å²) >= 11 is 0. The van der Waals surface area contributed by atoms with E-state index in [1.54, 1.807) is 25.1 Å². The van der Waals surface area contributed by atoms with Crippen LogP contribution in [0.15, 0.2) is 59.2 Å². The zero-order valence-electron chi connectivity index (χ0n) is 14.8. The van der Waals surface area contributed by atoms with Crippen LogP contribution in [-0.2, 0) is 4.79 Å². The molecule has 1 amide bonds. The Morgan fingerprint density at radius 1 is 1.15 bits per heavy atom. The van der Waals surface area contributed by atoms with Crippen LogP contribution in [0.25, 0.3) is 6.08 Å². The van der Waals surface area contributed by atoms with Crippen LogP contribution >= 0.6 is 0 Å². The standard InChI is InChI=1S/C20H19N3O3/c1-13-18(11-14-7-9-16(10-8-14)22(2)3)19(24)23(21-13)17-6-4-5-15(12-17)20(25)26/h4-12H,1-3H3,(H,25,26). The summed E-state index contributed by atoms with van der Waals surface area (Å²) in [5.41, 5.74) is 3.59. The Hall–Kier alpha value is -3.41. The smallest absolute Gasteiger partial charge is 0.335 e. The number of hydrazone groups is 1. The molecule has 0 aromatic heterocycles. The number of hydrogen-bond acceptors (Lipinski definition) is 4. The molecule has 6 heteroatoms. The molecule has 1 aliphatic rings. The molecule has 2 aromatic carbocycles. The van der Waals surface area contributed by atoms with Crippen LogP contribution in [0.2, 0.25) is 0 Å². The lowest BCUT2D eigenvalue weighted by Gasteiger charge is -2.13. The normalized spacial score (nSPS) is 15.3. The van der Waals surface area contributed by atoms with Gasteiger partial charge >= 0.3 is 5.97 Å². The van der Waals surface area contributed by atoms with Gasteiger partial charge in [0.15, 0.2) is 0 Å². The fourth-order valence-electron chi connectivity index (χ4n) is 2.67. The minimum Gasteiger partial charge on any atom is -0.478 e. The number of nitrogens with zero attached hydrogens (tertiary/aromatic N) is 3. The minimum atomic E-state index is -1.05. The number of benzene rings is 2. The number of rotatable bonds is 4. The fourth-order valence-corrected chi connectivity index (χ4v) is 2.67. The molecule has 0 saturated carbocycles. The Morgan fingerprint density at radius 3 is 2.46 bits per heavy atom. The first-order valence-corrected chi connectivity index (χ1v) is 8.09. The molecule has 1 heterocycles. The lowest BCUT2D eigenvalue weighted by molar-refractivity contribution is -0.114. The van der Waals surface area contributed by atoms with Crippen molar-refractivity contribution in [1.82, 2.24) is 0 Å². The van der Waals surface area contributed by atoms with Crippen molar-refractivity contribution in [2.45, 2.75) is 6.92 Å². The number of carboxylic acid groups (broad SMARTS) is 1. The van der Waals surface area contributed by atoms with Crippen LogP contribution in [0.1, 0.15) is 22.8 Å². The van der Waals surface area contributed by atoms with Gasteiger partial charge in [0.1, 0.15) is 0 Å². The first-order valence-electron chi connectivity index (χ1n) is 8.09. The molecular formula is C20H19N3O3. The molecule has 0 radical (unpaired) electrons. The number of carbonyl (C=O) groups excluding carboxylic acids is 1. The molecule has 0 spiro atoms. The van der Waals surface area contributed by atoms with Gasteiger partial charge in [-0.1, -0.05) is 18.2 Å². The first-order chi connectivity index (χ1) is 12.4. The maximum absolute atomic E-state index is 12.8. The number of carbonyl (C=O) groups is 2. The Bertz CT molecular complexity index is 928. The highest BCUT2D eigenvalue weighted by atomic mass is 16.4. The van der Waals surface area contributed by atoms with Crippen molar-refractivity contribution in [3.8, 4) is 0 Å². The van der Waals surface area contributed by atoms with Crippen LogP contribution in [0.3, 0.4) is 0 Å². The number of aromatic carboxylic acids is 1. The lowest BCUT2D eigenvalue weighted by atomic mass is 10.1. The summed E-state index contributed by atoms with van der Waals surface area (Å²) < 4.78 is 0. The van der Waals surface area contributed by atoms with Gasteiger partial charge < -0.3 is 10.0 Å². The van der Waals surface area contributed by atoms with Crippen LogP contribution in [0, 0.1) is 0 Å². The average molecular weight is 349 g/mol. The second-order valence-corrected chi connectivity index (χ2v) is 6.20. The first kappa shape index (κ1) is 17.4. The van der Waals surface area contributed by atoms with Gasteiger partial charge in [-0.25, -0.2) is 4.79 Å². The maximum atomic E-state index is 12.8. The molecule has 1 aliphatic heterocycles. The van der Waals surface area contributed by atoms with Gasteiger partial charge in [-0.15, -0.1) is 0 Å². The van der Waals surface area contributed by atoms with Gasteiger partial charge in [-0.05, 0) is 48.9 Å². The molecule has 0 atom stereocenters. The molecule has 0 fully saturated rings. The van der Waals surface area contributed by atoms with Crippen molar-refractivity contribution in [1.29, 1.82) is 0 Å². The maximum Gasteiger partial charge on any atom is 0.335 e. The number of amides is 1. The van der Waals surface area contributed by atoms with E-state index >= 15 is 0 Å². The largest absolute Gasteiger partial charge is 0.478 e. The Labute approximate surface area is 151 Å². The summed E-state index contributed by atoms with van der Waals surface area (Å²) in [4.78, 5) is 25.9. The third-order valence-electron chi connectivity index (χ3n) is 4.12. The summed E-state index contributed by atoms with van der Waals surface area (Å²) in [5, 5.41) is 14.7. The molecule has 3 rings (SSSR count). The van der Waals surface area contributed by atoms with Crippen molar-refractivity contribution in [3.63, 3.8) is 0 Å². The Morgan fingerprint density at radius 2 is 1.85 bits per heavy atom. The fraction of sp³-hybridized carbons (Fsp3) is 0.150. The molecule has 0 aliphatic carbocycles. The summed E-state index contributed by atoms with van der Waals surface area (Å²) in [5.74, 6) is -1.32. The number of carboxylic acids is 1. The minimum absolute atomic E-state index is 0.111. The third-order valence-corrected chi connectivity index (χ3v) is 4.12. The molecule has 1 N–H and O–H groups in total. The van der Waals surface area contributed by atoms with Crippen LogP contribution in [0.4, 0.5) is 11.4 Å². The molecule has 0 saturated heterocycles. The van der Waals surface area contributed by atoms with E-state index in [2.05, 4.69) is 5.10 Å². The van der Waals surface area contributed by atoms with E-state index in [9.17, 15) is 9.59 Å². The van der Waals surface area contributed by atoms with Crippen LogP contribution < -0.4 is 9.91 Å². The van der Waals surface area contributed by atoms with E-state index in [0.29, 0.717) is 17.0 Å². The van der Waals surface area contributed by atoms with Gasteiger partial charge in [0.25, 0.3) is 5.91 Å². The predicted octanol–water partition coefficient (Wildman–Crippen LogP) is 3.26. The zero-order valence-corrected chi connectivity index (χ0v) is 14.8. The van der Waals surface area contributed by atoms with Gasteiger partial charge in [-0.3, -0.25) is 4.79 Å². The second-order valence-electron chi connectivity index (χ2n) is 6.20. The second kappa shape index (κ2) is 6.84. The quantitative estimate of drug-likeness (QED) is 0.860. The average Bonchev–Trinajstić information content (AvgIpc) is 2.90. The highest BCUT2D eigenvalue weighted by molar-refractivity contribution is 6.32. The van der Waals surface area contributed by atoms with Crippen LogP contribution in [-0.4, -0.2) is 36.8 Å². The SMILES string of the molecule is CC1=NN(c2cccc(C(=O)O)c2)C(=O)C1=Cc1ccc(N(C)C)cc1. The molecular weight excluding hydrogens is 330 g/mol. The Kier molecular flexibility index (Phi) is 4.58. The monoisotopic (exact) mass is 349 g/mol. The molecule has 6 nitrogen and oxygen atoms in total. The molecule has 132 valence electrons. The van der Waals surface area contributed by atoms with Crippen molar-refractivity contribution < 1.29 is 14.7 Å². The van der Waals surface area contributed by atoms with Gasteiger partial charge in [0.05, 0.1) is 22.5 Å². The van der Waals surface area contributed by atoms with Gasteiger partial charge in [-0.2, -0.15) is 10.1 Å². The van der Waals surface area contributed by atoms with E-state index < -0.39 is 5.97 Å². The highest BCUT2D eigenvalue weighted by Gasteiger charge is 2.29. The Balaban J connectivity index is 1.90. The zero-order chi connectivity index (χ0) is 18.8. The summed E-state index contributed by atoms with van der Waals surface area (Å²) in [6, 6.07) is 14.0. The van der Waals surface area contributed by atoms with E-state index in [4.69, 9.17) is 5.11 Å². The van der Waals surface area contributed by atoms with E-state index in [-0.39, 0.29) is 11.5 Å². The van der Waals surface area contributed by atoms with Crippen molar-refractivity contribution >= 4 is 35.0 Å². The van der Waals surface area contributed by atoms with Crippen molar-refractivity contribution in [2.24, 2.45) is 5.10 Å². The third kappa shape index (κ3) is 3.35. The van der Waals surface area contributed by atoms with Crippen LogP contribution in [0.5, 0.6) is 0 Å². The van der Waals surface area contributed by atoms with E-state index in [1.165, 1.54) is 17.1 Å². The molecule has 2 aromatic rings. The van der Waals surface area contributed by atoms with Gasteiger partial charge in [0.2, 0.25) is 0 Å². The molecule has 0 bridgehead atoms.